The van der Waals surface area contributed by atoms with Crippen molar-refractivity contribution >= 4 is 5.97 Å². The maximum absolute atomic E-state index is 10.5. The summed E-state index contributed by atoms with van der Waals surface area (Å²) >= 11 is 0. The first kappa shape index (κ1) is 22.5. The number of carbonyl (C=O) groups excluding carboxylic acids is 1. The summed E-state index contributed by atoms with van der Waals surface area (Å²) in [6.45, 7) is 9.87. The van der Waals surface area contributed by atoms with Crippen LogP contribution in [0.1, 0.15) is 47.0 Å². The van der Waals surface area contributed by atoms with Crippen molar-refractivity contribution in [3.63, 3.8) is 0 Å². The highest BCUT2D eigenvalue weighted by molar-refractivity contribution is 5.68. The Bertz CT molecular complexity index is 135. The molecule has 0 saturated carbocycles. The van der Waals surface area contributed by atoms with Crippen molar-refractivity contribution in [1.29, 1.82) is 0 Å². The van der Waals surface area contributed by atoms with E-state index in [1.807, 2.05) is 13.8 Å². The van der Waals surface area contributed by atoms with Gasteiger partial charge in [0.2, 0.25) is 0 Å². The van der Waals surface area contributed by atoms with E-state index in [4.69, 9.17) is 19.7 Å². The zero-order valence-corrected chi connectivity index (χ0v) is 12.3. The number of carbonyl (C=O) groups is 1. The Hall–Kier alpha value is -0.650. The van der Waals surface area contributed by atoms with Gasteiger partial charge in [-0.1, -0.05) is 20.3 Å². The lowest BCUT2D eigenvalue weighted by Crippen LogP contribution is -2.02. The molecule has 112 valence electrons. The molecular formula is C13H30O5. The predicted octanol–water partition coefficient (Wildman–Crippen LogP) is 1.75. The van der Waals surface area contributed by atoms with Gasteiger partial charge in [0.05, 0.1) is 19.8 Å². The molecule has 0 heterocycles. The third kappa shape index (κ3) is 36.2. The minimum absolute atomic E-state index is 0.0940. The fraction of sp³-hybridized carbons (Fsp3) is 0.923. The maximum atomic E-state index is 10.5. The van der Waals surface area contributed by atoms with E-state index < -0.39 is 0 Å². The number of aliphatic hydroxyl groups is 2. The van der Waals surface area contributed by atoms with Gasteiger partial charge in [-0.05, 0) is 20.3 Å². The zero-order valence-electron chi connectivity index (χ0n) is 12.3. The summed E-state index contributed by atoms with van der Waals surface area (Å²) in [4.78, 5) is 10.5. The number of aliphatic hydroxyl groups excluding tert-OH is 2. The zero-order chi connectivity index (χ0) is 14.6. The van der Waals surface area contributed by atoms with E-state index in [0.29, 0.717) is 13.0 Å². The van der Waals surface area contributed by atoms with Gasteiger partial charge in [0, 0.05) is 19.6 Å². The van der Waals surface area contributed by atoms with Gasteiger partial charge in [0.15, 0.2) is 0 Å². The SMILES string of the molecule is CCCCOC(=O)CC.CCOCC.OCCO. The quantitative estimate of drug-likeness (QED) is 0.542. The second-order valence-electron chi connectivity index (χ2n) is 3.16. The number of hydrogen-bond donors (Lipinski definition) is 2. The fourth-order valence-electron chi connectivity index (χ4n) is 0.637. The highest BCUT2D eigenvalue weighted by Gasteiger charge is 1.94. The molecule has 0 saturated heterocycles. The predicted molar refractivity (Wildman–Crippen MR) is 72.5 cm³/mol. The van der Waals surface area contributed by atoms with E-state index in [2.05, 4.69) is 6.92 Å². The molecule has 0 unspecified atom stereocenters. The largest absolute Gasteiger partial charge is 0.466 e. The second kappa shape index (κ2) is 25.3. The van der Waals surface area contributed by atoms with Crippen LogP contribution < -0.4 is 0 Å². The van der Waals surface area contributed by atoms with Crippen molar-refractivity contribution < 1.29 is 24.5 Å². The molecule has 18 heavy (non-hydrogen) atoms. The van der Waals surface area contributed by atoms with Gasteiger partial charge in [-0.3, -0.25) is 4.79 Å². The van der Waals surface area contributed by atoms with Crippen LogP contribution in [0.4, 0.5) is 0 Å². The molecule has 5 nitrogen and oxygen atoms in total. The van der Waals surface area contributed by atoms with Crippen molar-refractivity contribution in [2.24, 2.45) is 0 Å². The van der Waals surface area contributed by atoms with Crippen LogP contribution in [0.15, 0.2) is 0 Å². The Labute approximate surface area is 111 Å². The Morgan fingerprint density at radius 1 is 1.00 bits per heavy atom. The number of ether oxygens (including phenoxy) is 2. The Morgan fingerprint density at radius 2 is 1.50 bits per heavy atom. The summed E-state index contributed by atoms with van der Waals surface area (Å²) in [7, 11) is 0. The van der Waals surface area contributed by atoms with Crippen molar-refractivity contribution in [2.45, 2.75) is 47.0 Å². The Morgan fingerprint density at radius 3 is 1.72 bits per heavy atom. The summed E-state index contributed by atoms with van der Waals surface area (Å²) < 4.78 is 9.63. The summed E-state index contributed by atoms with van der Waals surface area (Å²) in [6.07, 6.45) is 2.55. The van der Waals surface area contributed by atoms with Gasteiger partial charge >= 0.3 is 5.97 Å². The standard InChI is InChI=1S/C7H14O2.C4H10O.C2H6O2/c1-3-5-6-9-7(8)4-2;1-3-5-4-2;3-1-2-4/h3-6H2,1-2H3;3-4H2,1-2H3;3-4H,1-2H2. The molecule has 0 aromatic heterocycles. The smallest absolute Gasteiger partial charge is 0.305 e. The average molecular weight is 266 g/mol. The first-order chi connectivity index (χ1) is 8.64. The van der Waals surface area contributed by atoms with Crippen molar-refractivity contribution in [3.05, 3.63) is 0 Å². The lowest BCUT2D eigenvalue weighted by Gasteiger charge is -1.99. The van der Waals surface area contributed by atoms with Gasteiger partial charge in [-0.2, -0.15) is 0 Å². The number of unbranched alkanes of at least 4 members (excludes halogenated alkanes) is 1. The van der Waals surface area contributed by atoms with E-state index >= 15 is 0 Å². The van der Waals surface area contributed by atoms with Gasteiger partial charge in [0.25, 0.3) is 0 Å². The van der Waals surface area contributed by atoms with Crippen molar-refractivity contribution in [3.8, 4) is 0 Å². The number of rotatable bonds is 7. The maximum Gasteiger partial charge on any atom is 0.305 e. The monoisotopic (exact) mass is 266 g/mol. The summed E-state index contributed by atoms with van der Waals surface area (Å²) in [5.41, 5.74) is 0. The van der Waals surface area contributed by atoms with E-state index in [1.165, 1.54) is 0 Å². The average Bonchev–Trinajstić information content (AvgIpc) is 2.40. The third-order valence-electron chi connectivity index (χ3n) is 1.56. The summed E-state index contributed by atoms with van der Waals surface area (Å²) in [5.74, 6) is -0.0940. The lowest BCUT2D eigenvalue weighted by molar-refractivity contribution is -0.143. The molecule has 5 heteroatoms. The first-order valence-electron chi connectivity index (χ1n) is 6.59. The first-order valence-corrected chi connectivity index (χ1v) is 6.59. The molecule has 0 amide bonds. The minimum Gasteiger partial charge on any atom is -0.466 e. The van der Waals surface area contributed by atoms with Crippen LogP contribution in [0.2, 0.25) is 0 Å². The second-order valence-corrected chi connectivity index (χ2v) is 3.16. The van der Waals surface area contributed by atoms with Gasteiger partial charge in [-0.25, -0.2) is 0 Å². The molecule has 2 N–H and O–H groups in total. The van der Waals surface area contributed by atoms with Crippen LogP contribution >= 0.6 is 0 Å². The molecular weight excluding hydrogens is 236 g/mol. The Kier molecular flexibility index (Phi) is 31.6. The van der Waals surface area contributed by atoms with E-state index in [-0.39, 0.29) is 19.2 Å². The molecule has 0 aliphatic carbocycles. The minimum atomic E-state index is -0.125. The van der Waals surface area contributed by atoms with Crippen molar-refractivity contribution in [1.82, 2.24) is 0 Å². The molecule has 0 fully saturated rings. The summed E-state index contributed by atoms with van der Waals surface area (Å²) in [5, 5.41) is 15.2. The van der Waals surface area contributed by atoms with Gasteiger partial charge < -0.3 is 19.7 Å². The molecule has 0 aromatic rings. The molecule has 0 aromatic carbocycles. The van der Waals surface area contributed by atoms with Crippen LogP contribution in [0.3, 0.4) is 0 Å². The molecule has 0 rings (SSSR count). The van der Waals surface area contributed by atoms with Crippen LogP contribution in [0.25, 0.3) is 0 Å². The van der Waals surface area contributed by atoms with E-state index in [9.17, 15) is 4.79 Å². The summed E-state index contributed by atoms with van der Waals surface area (Å²) in [6, 6.07) is 0. The molecule has 0 aliphatic rings. The lowest BCUT2D eigenvalue weighted by atomic mass is 10.4. The van der Waals surface area contributed by atoms with Gasteiger partial charge in [0.1, 0.15) is 0 Å². The normalized spacial score (nSPS) is 8.56. The van der Waals surface area contributed by atoms with Gasteiger partial charge in [-0.15, -0.1) is 0 Å². The highest BCUT2D eigenvalue weighted by Crippen LogP contribution is 1.90. The van der Waals surface area contributed by atoms with Crippen LogP contribution in [-0.2, 0) is 14.3 Å². The molecule has 0 radical (unpaired) electrons. The van der Waals surface area contributed by atoms with E-state index in [1.54, 1.807) is 6.92 Å². The van der Waals surface area contributed by atoms with Crippen LogP contribution in [0.5, 0.6) is 0 Å². The van der Waals surface area contributed by atoms with Crippen molar-refractivity contribution in [2.75, 3.05) is 33.0 Å². The van der Waals surface area contributed by atoms with Crippen LogP contribution in [0, 0.1) is 0 Å². The van der Waals surface area contributed by atoms with E-state index in [0.717, 1.165) is 26.1 Å². The number of esters is 1. The molecule has 0 aliphatic heterocycles. The third-order valence-corrected chi connectivity index (χ3v) is 1.56. The molecule has 0 bridgehead atoms. The topological polar surface area (TPSA) is 76.0 Å². The highest BCUT2D eigenvalue weighted by atomic mass is 16.5. The van der Waals surface area contributed by atoms with Crippen LogP contribution in [-0.4, -0.2) is 49.2 Å². The molecule has 0 spiro atoms. The molecule has 0 atom stereocenters. The fourth-order valence-corrected chi connectivity index (χ4v) is 0.637. The number of hydrogen-bond acceptors (Lipinski definition) is 5. The Balaban J connectivity index is -0.000000212.